The molecule has 2 atom stereocenters. The van der Waals surface area contributed by atoms with Gasteiger partial charge in [0.05, 0.1) is 11.5 Å². The molecule has 1 aliphatic rings. The monoisotopic (exact) mass is 414 g/mol. The van der Waals surface area contributed by atoms with Crippen molar-refractivity contribution in [3.8, 4) is 0 Å². The van der Waals surface area contributed by atoms with Gasteiger partial charge in [0.25, 0.3) is 5.91 Å². The predicted octanol–water partition coefficient (Wildman–Crippen LogP) is 3.60. The fourth-order valence-electron chi connectivity index (χ4n) is 3.65. The molecule has 2 N–H and O–H groups in total. The Kier molecular flexibility index (Phi) is 6.60. The zero-order valence-corrected chi connectivity index (χ0v) is 17.5. The number of hydrogen-bond acceptors (Lipinski definition) is 3. The van der Waals surface area contributed by atoms with Crippen molar-refractivity contribution in [3.05, 3.63) is 70.7 Å². The summed E-state index contributed by atoms with van der Waals surface area (Å²) in [5.74, 6) is -0.554. The van der Waals surface area contributed by atoms with Crippen LogP contribution in [-0.2, 0) is 10.4 Å². The number of amides is 2. The largest absolute Gasteiger partial charge is 0.385 e. The summed E-state index contributed by atoms with van der Waals surface area (Å²) in [7, 11) is 0. The fourth-order valence-corrected chi connectivity index (χ4v) is 3.78. The highest BCUT2D eigenvalue weighted by Crippen LogP contribution is 2.33. The molecule has 1 fully saturated rings. The highest BCUT2D eigenvalue weighted by atomic mass is 35.5. The molecule has 0 aliphatic carbocycles. The van der Waals surface area contributed by atoms with Crippen LogP contribution in [-0.4, -0.2) is 41.0 Å². The number of carbonyl (C=O) groups is 2. The lowest BCUT2D eigenvalue weighted by atomic mass is 9.84. The summed E-state index contributed by atoms with van der Waals surface area (Å²) in [4.78, 5) is 27.0. The number of benzene rings is 2. The van der Waals surface area contributed by atoms with Gasteiger partial charge in [-0.25, -0.2) is 0 Å². The molecule has 2 amide bonds. The Morgan fingerprint density at radius 3 is 2.21 bits per heavy atom. The van der Waals surface area contributed by atoms with Crippen LogP contribution in [0.4, 0.5) is 0 Å². The zero-order valence-electron chi connectivity index (χ0n) is 16.8. The number of aliphatic hydroxyl groups is 1. The first-order chi connectivity index (χ1) is 13.8. The van der Waals surface area contributed by atoms with Gasteiger partial charge in [0.1, 0.15) is 0 Å². The molecule has 154 valence electrons. The van der Waals surface area contributed by atoms with E-state index >= 15 is 0 Å². The molecule has 5 nitrogen and oxygen atoms in total. The molecule has 0 saturated carbocycles. The third-order valence-electron chi connectivity index (χ3n) is 5.82. The van der Waals surface area contributed by atoms with Gasteiger partial charge >= 0.3 is 0 Å². The van der Waals surface area contributed by atoms with Crippen LogP contribution in [0.3, 0.4) is 0 Å². The molecule has 6 heteroatoms. The van der Waals surface area contributed by atoms with E-state index in [4.69, 9.17) is 11.6 Å². The van der Waals surface area contributed by atoms with Crippen molar-refractivity contribution >= 4 is 23.4 Å². The first kappa shape index (κ1) is 21.3. The molecule has 2 aromatic rings. The number of nitrogens with one attached hydrogen (secondary N) is 1. The van der Waals surface area contributed by atoms with Crippen LogP contribution in [0.15, 0.2) is 54.6 Å². The number of rotatable bonds is 5. The van der Waals surface area contributed by atoms with Gasteiger partial charge in [-0.05, 0) is 49.6 Å². The molecule has 29 heavy (non-hydrogen) atoms. The van der Waals surface area contributed by atoms with Gasteiger partial charge in [-0.15, -0.1) is 0 Å². The van der Waals surface area contributed by atoms with Crippen LogP contribution >= 0.6 is 11.6 Å². The maximum absolute atomic E-state index is 12.9. The Balaban J connectivity index is 1.56. The van der Waals surface area contributed by atoms with E-state index in [0.717, 1.165) is 5.56 Å². The van der Waals surface area contributed by atoms with E-state index in [2.05, 4.69) is 5.32 Å². The predicted molar refractivity (Wildman–Crippen MR) is 114 cm³/mol. The molecule has 0 radical (unpaired) electrons. The molecular formula is C23H27ClN2O3. The van der Waals surface area contributed by atoms with Crippen LogP contribution in [0.2, 0.25) is 5.02 Å². The summed E-state index contributed by atoms with van der Waals surface area (Å²) in [6.45, 7) is 4.62. The molecule has 1 heterocycles. The van der Waals surface area contributed by atoms with E-state index in [1.165, 1.54) is 0 Å². The number of carbonyl (C=O) groups excluding carboxylic acids is 2. The second kappa shape index (κ2) is 8.97. The van der Waals surface area contributed by atoms with Crippen molar-refractivity contribution in [2.24, 2.45) is 5.92 Å². The van der Waals surface area contributed by atoms with E-state index in [1.54, 1.807) is 29.2 Å². The van der Waals surface area contributed by atoms with Crippen LogP contribution < -0.4 is 5.32 Å². The number of nitrogens with zero attached hydrogens (tertiary/aromatic N) is 1. The van der Waals surface area contributed by atoms with Gasteiger partial charge in [0.15, 0.2) is 0 Å². The highest BCUT2D eigenvalue weighted by Gasteiger charge is 2.37. The molecule has 0 aromatic heterocycles. The molecule has 2 aromatic carbocycles. The summed E-state index contributed by atoms with van der Waals surface area (Å²) < 4.78 is 0. The zero-order chi connectivity index (χ0) is 21.0. The van der Waals surface area contributed by atoms with Crippen LogP contribution in [0, 0.1) is 5.92 Å². The minimum Gasteiger partial charge on any atom is -0.385 e. The van der Waals surface area contributed by atoms with Gasteiger partial charge in [0.2, 0.25) is 5.91 Å². The minimum atomic E-state index is -0.947. The van der Waals surface area contributed by atoms with E-state index in [0.29, 0.717) is 36.5 Å². The Morgan fingerprint density at radius 2 is 1.62 bits per heavy atom. The van der Waals surface area contributed by atoms with Gasteiger partial charge in [-0.1, -0.05) is 48.9 Å². The second-order valence-electron chi connectivity index (χ2n) is 7.78. The van der Waals surface area contributed by atoms with Gasteiger partial charge in [-0.3, -0.25) is 9.59 Å². The van der Waals surface area contributed by atoms with Crippen LogP contribution in [0.25, 0.3) is 0 Å². The first-order valence-electron chi connectivity index (χ1n) is 9.93. The fraction of sp³-hybridized carbons (Fsp3) is 0.391. The number of likely N-dealkylation sites (tertiary alicyclic amines) is 1. The lowest BCUT2D eigenvalue weighted by Gasteiger charge is -2.40. The molecule has 3 rings (SSSR count). The summed E-state index contributed by atoms with van der Waals surface area (Å²) in [6, 6.07) is 15.9. The third-order valence-corrected chi connectivity index (χ3v) is 6.07. The number of halogens is 1. The summed E-state index contributed by atoms with van der Waals surface area (Å²) in [6.07, 6.45) is 0.940. The Labute approximate surface area is 176 Å². The molecule has 0 bridgehead atoms. The molecular weight excluding hydrogens is 388 g/mol. The SMILES string of the molecule is CC(NC(=O)c1ccccc1)C(C)C(=O)N1CCC(O)(c2ccc(Cl)cc2)CC1. The smallest absolute Gasteiger partial charge is 0.251 e. The molecule has 1 aliphatic heterocycles. The van der Waals surface area contributed by atoms with E-state index in [9.17, 15) is 14.7 Å². The van der Waals surface area contributed by atoms with E-state index in [-0.39, 0.29) is 23.8 Å². The van der Waals surface area contributed by atoms with Crippen molar-refractivity contribution < 1.29 is 14.7 Å². The Hall–Kier alpha value is -2.37. The molecule has 1 saturated heterocycles. The summed E-state index contributed by atoms with van der Waals surface area (Å²) >= 11 is 5.94. The molecule has 0 spiro atoms. The average molecular weight is 415 g/mol. The standard InChI is InChI=1S/C23H27ClN2O3/c1-16(17(2)25-21(27)18-6-4-3-5-7-18)22(28)26-14-12-23(29,13-15-26)19-8-10-20(24)11-9-19/h3-11,16-17,29H,12-15H2,1-2H3,(H,25,27). The quantitative estimate of drug-likeness (QED) is 0.785. The van der Waals surface area contributed by atoms with E-state index < -0.39 is 5.60 Å². The highest BCUT2D eigenvalue weighted by molar-refractivity contribution is 6.30. The van der Waals surface area contributed by atoms with Crippen molar-refractivity contribution in [3.63, 3.8) is 0 Å². The van der Waals surface area contributed by atoms with Crippen LogP contribution in [0.5, 0.6) is 0 Å². The normalized spacial score (nSPS) is 18.0. The number of piperidine rings is 1. The first-order valence-corrected chi connectivity index (χ1v) is 10.3. The second-order valence-corrected chi connectivity index (χ2v) is 8.22. The van der Waals surface area contributed by atoms with Crippen LogP contribution in [0.1, 0.15) is 42.6 Å². The topological polar surface area (TPSA) is 69.6 Å². The third kappa shape index (κ3) is 4.98. The van der Waals surface area contributed by atoms with Gasteiger partial charge in [-0.2, -0.15) is 0 Å². The maximum Gasteiger partial charge on any atom is 0.251 e. The Bertz CT molecular complexity index is 846. The average Bonchev–Trinajstić information content (AvgIpc) is 2.74. The van der Waals surface area contributed by atoms with Gasteiger partial charge < -0.3 is 15.3 Å². The van der Waals surface area contributed by atoms with Gasteiger partial charge in [0, 0.05) is 29.7 Å². The van der Waals surface area contributed by atoms with Crippen molar-refractivity contribution in [1.29, 1.82) is 0 Å². The van der Waals surface area contributed by atoms with Crippen molar-refractivity contribution in [2.75, 3.05) is 13.1 Å². The van der Waals surface area contributed by atoms with Crippen molar-refractivity contribution in [1.82, 2.24) is 10.2 Å². The lowest BCUT2D eigenvalue weighted by Crippen LogP contribution is -2.50. The maximum atomic E-state index is 12.9. The number of hydrogen-bond donors (Lipinski definition) is 2. The summed E-state index contributed by atoms with van der Waals surface area (Å²) in [5.41, 5.74) is 0.452. The minimum absolute atomic E-state index is 0.0102. The van der Waals surface area contributed by atoms with Crippen molar-refractivity contribution in [2.45, 2.75) is 38.3 Å². The lowest BCUT2D eigenvalue weighted by molar-refractivity contribution is -0.140. The Morgan fingerprint density at radius 1 is 1.03 bits per heavy atom. The summed E-state index contributed by atoms with van der Waals surface area (Å²) in [5, 5.41) is 14.5. The van der Waals surface area contributed by atoms with E-state index in [1.807, 2.05) is 44.2 Å². The molecule has 2 unspecified atom stereocenters.